The number of aliphatic carboxylic acids is 1. The maximum atomic E-state index is 11.9. The summed E-state index contributed by atoms with van der Waals surface area (Å²) in [5.74, 6) is -1.37. The monoisotopic (exact) mass is 287 g/mol. The topological polar surface area (TPSA) is 98.7 Å². The van der Waals surface area contributed by atoms with E-state index in [2.05, 4.69) is 10.6 Å². The summed E-state index contributed by atoms with van der Waals surface area (Å²) in [7, 11) is 1.45. The fourth-order valence-corrected chi connectivity index (χ4v) is 1.49. The normalized spacial score (nSPS) is 12.4. The van der Waals surface area contributed by atoms with E-state index in [-0.39, 0.29) is 12.5 Å². The molecule has 7 heteroatoms. The zero-order chi connectivity index (χ0) is 15.9. The molecule has 0 bridgehead atoms. The van der Waals surface area contributed by atoms with Crippen LogP contribution in [0.4, 0.5) is 4.79 Å². The van der Waals surface area contributed by atoms with Crippen LogP contribution >= 0.6 is 0 Å². The van der Waals surface area contributed by atoms with E-state index in [1.165, 1.54) is 7.05 Å². The van der Waals surface area contributed by atoms with Crippen molar-refractivity contribution in [3.8, 4) is 0 Å². The highest BCUT2D eigenvalue weighted by atomic mass is 16.4. The summed E-state index contributed by atoms with van der Waals surface area (Å²) in [6.45, 7) is 7.54. The number of carboxylic acid groups (broad SMARTS) is 1. The Bertz CT molecular complexity index is 363. The van der Waals surface area contributed by atoms with Gasteiger partial charge in [0.15, 0.2) is 0 Å². The maximum Gasteiger partial charge on any atom is 0.326 e. The second kappa shape index (κ2) is 7.72. The molecule has 0 saturated carbocycles. The Kier molecular flexibility index (Phi) is 7.02. The molecule has 0 aromatic heterocycles. The van der Waals surface area contributed by atoms with Gasteiger partial charge in [0.05, 0.1) is 0 Å². The molecule has 0 fully saturated rings. The molecule has 0 rings (SSSR count). The Morgan fingerprint density at radius 1 is 1.25 bits per heavy atom. The molecule has 0 aromatic carbocycles. The molecule has 0 saturated heterocycles. The third-order valence-corrected chi connectivity index (χ3v) is 2.68. The number of amides is 3. The minimum absolute atomic E-state index is 0.109. The van der Waals surface area contributed by atoms with E-state index < -0.39 is 23.5 Å². The van der Waals surface area contributed by atoms with Crippen LogP contribution in [0.15, 0.2) is 0 Å². The smallest absolute Gasteiger partial charge is 0.326 e. The highest BCUT2D eigenvalue weighted by Crippen LogP contribution is 2.19. The first-order chi connectivity index (χ1) is 9.09. The largest absolute Gasteiger partial charge is 0.480 e. The second-order valence-corrected chi connectivity index (χ2v) is 5.79. The van der Waals surface area contributed by atoms with Crippen LogP contribution in [0.2, 0.25) is 0 Å². The van der Waals surface area contributed by atoms with Crippen molar-refractivity contribution in [1.82, 2.24) is 15.5 Å². The van der Waals surface area contributed by atoms with Crippen molar-refractivity contribution in [2.24, 2.45) is 5.41 Å². The van der Waals surface area contributed by atoms with Gasteiger partial charge in [0, 0.05) is 13.6 Å². The number of hydrogen-bond donors (Lipinski definition) is 3. The second-order valence-electron chi connectivity index (χ2n) is 5.79. The molecule has 0 aliphatic heterocycles. The molecule has 1 atom stereocenters. The van der Waals surface area contributed by atoms with Gasteiger partial charge in [0.2, 0.25) is 5.91 Å². The van der Waals surface area contributed by atoms with Gasteiger partial charge < -0.3 is 20.6 Å². The molecule has 1 unspecified atom stereocenters. The fourth-order valence-electron chi connectivity index (χ4n) is 1.49. The van der Waals surface area contributed by atoms with Crippen LogP contribution in [0.5, 0.6) is 0 Å². The van der Waals surface area contributed by atoms with Crippen LogP contribution in [0.3, 0.4) is 0 Å². The first kappa shape index (κ1) is 18.2. The van der Waals surface area contributed by atoms with E-state index in [1.54, 1.807) is 20.8 Å². The lowest BCUT2D eigenvalue weighted by Gasteiger charge is -2.29. The van der Waals surface area contributed by atoms with E-state index in [0.29, 0.717) is 6.54 Å². The number of carbonyl (C=O) groups excluding carboxylic acids is 2. The van der Waals surface area contributed by atoms with Crippen molar-refractivity contribution in [3.63, 3.8) is 0 Å². The average Bonchev–Trinajstić information content (AvgIpc) is 2.30. The molecule has 7 nitrogen and oxygen atoms in total. The van der Waals surface area contributed by atoms with Gasteiger partial charge in [0.25, 0.3) is 0 Å². The van der Waals surface area contributed by atoms with Crippen LogP contribution in [0.1, 0.15) is 34.1 Å². The summed E-state index contributed by atoms with van der Waals surface area (Å²) < 4.78 is 0. The van der Waals surface area contributed by atoms with Crippen molar-refractivity contribution in [3.05, 3.63) is 0 Å². The molecule has 3 N–H and O–H groups in total. The molecule has 0 aromatic rings. The maximum absolute atomic E-state index is 11.9. The predicted molar refractivity (Wildman–Crippen MR) is 75.3 cm³/mol. The van der Waals surface area contributed by atoms with Gasteiger partial charge in [-0.3, -0.25) is 4.79 Å². The number of carboxylic acids is 1. The van der Waals surface area contributed by atoms with Crippen LogP contribution in [0, 0.1) is 5.41 Å². The zero-order valence-electron chi connectivity index (χ0n) is 12.8. The number of hydrogen-bond acceptors (Lipinski definition) is 3. The van der Waals surface area contributed by atoms with Crippen molar-refractivity contribution < 1.29 is 19.5 Å². The number of rotatable bonds is 6. The highest BCUT2D eigenvalue weighted by Gasteiger charge is 2.33. The first-order valence-corrected chi connectivity index (χ1v) is 6.60. The number of likely N-dealkylation sites (N-methyl/N-ethyl adjacent to an activating group) is 1. The third kappa shape index (κ3) is 6.40. The van der Waals surface area contributed by atoms with Gasteiger partial charge in [0.1, 0.15) is 12.6 Å². The Hall–Kier alpha value is -1.79. The number of nitrogens with zero attached hydrogens (tertiary/aromatic N) is 1. The Morgan fingerprint density at radius 3 is 2.20 bits per heavy atom. The van der Waals surface area contributed by atoms with E-state index in [9.17, 15) is 14.4 Å². The molecule has 0 radical (unpaired) electrons. The highest BCUT2D eigenvalue weighted by molar-refractivity contribution is 5.86. The summed E-state index contributed by atoms with van der Waals surface area (Å²) in [4.78, 5) is 35.7. The van der Waals surface area contributed by atoms with Crippen LogP contribution in [0.25, 0.3) is 0 Å². The molecule has 3 amide bonds. The SMILES string of the molecule is CCCNC(=O)CN(C)C(=O)NC(C(=O)O)C(C)(C)C. The fraction of sp³-hybridized carbons (Fsp3) is 0.769. The number of urea groups is 1. The minimum Gasteiger partial charge on any atom is -0.480 e. The summed E-state index contributed by atoms with van der Waals surface area (Å²) in [5, 5.41) is 14.2. The Morgan fingerprint density at radius 2 is 1.80 bits per heavy atom. The molecule has 116 valence electrons. The summed E-state index contributed by atoms with van der Waals surface area (Å²) in [6.07, 6.45) is 0.812. The van der Waals surface area contributed by atoms with Gasteiger partial charge in [-0.1, -0.05) is 27.7 Å². The van der Waals surface area contributed by atoms with Gasteiger partial charge in [-0.05, 0) is 11.8 Å². The molecule has 0 spiro atoms. The molecule has 0 heterocycles. The van der Waals surface area contributed by atoms with Gasteiger partial charge in [-0.15, -0.1) is 0 Å². The van der Waals surface area contributed by atoms with Gasteiger partial charge in [-0.25, -0.2) is 9.59 Å². The molecular formula is C13H25N3O4. The molecular weight excluding hydrogens is 262 g/mol. The van der Waals surface area contributed by atoms with Gasteiger partial charge in [-0.2, -0.15) is 0 Å². The summed E-state index contributed by atoms with van der Waals surface area (Å²) >= 11 is 0. The molecule has 0 aliphatic rings. The van der Waals surface area contributed by atoms with Crippen LogP contribution in [-0.4, -0.2) is 54.1 Å². The Balaban J connectivity index is 4.51. The number of nitrogens with one attached hydrogen (secondary N) is 2. The third-order valence-electron chi connectivity index (χ3n) is 2.68. The lowest BCUT2D eigenvalue weighted by atomic mass is 9.87. The Labute approximate surface area is 119 Å². The van der Waals surface area contributed by atoms with Crippen molar-refractivity contribution in [2.75, 3.05) is 20.1 Å². The molecule has 20 heavy (non-hydrogen) atoms. The standard InChI is InChI=1S/C13H25N3O4/c1-6-7-14-9(17)8-16(5)12(20)15-10(11(18)19)13(2,3)4/h10H,6-8H2,1-5H3,(H,14,17)(H,15,20)(H,18,19). The van der Waals surface area contributed by atoms with Crippen LogP contribution in [-0.2, 0) is 9.59 Å². The van der Waals surface area contributed by atoms with Crippen molar-refractivity contribution >= 4 is 17.9 Å². The first-order valence-electron chi connectivity index (χ1n) is 6.60. The van der Waals surface area contributed by atoms with E-state index in [4.69, 9.17) is 5.11 Å². The van der Waals surface area contributed by atoms with Crippen molar-refractivity contribution in [1.29, 1.82) is 0 Å². The van der Waals surface area contributed by atoms with Crippen LogP contribution < -0.4 is 10.6 Å². The zero-order valence-corrected chi connectivity index (χ0v) is 12.8. The average molecular weight is 287 g/mol. The van der Waals surface area contributed by atoms with Gasteiger partial charge >= 0.3 is 12.0 Å². The molecule has 0 aliphatic carbocycles. The lowest BCUT2D eigenvalue weighted by molar-refractivity contribution is -0.142. The summed E-state index contributed by atoms with van der Waals surface area (Å²) in [6, 6.07) is -1.60. The quantitative estimate of drug-likeness (QED) is 0.668. The van der Waals surface area contributed by atoms with E-state index in [1.807, 2.05) is 6.92 Å². The minimum atomic E-state index is -1.10. The summed E-state index contributed by atoms with van der Waals surface area (Å²) in [5.41, 5.74) is -0.618. The van der Waals surface area contributed by atoms with E-state index in [0.717, 1.165) is 11.3 Å². The lowest BCUT2D eigenvalue weighted by Crippen LogP contribution is -2.53. The van der Waals surface area contributed by atoms with E-state index >= 15 is 0 Å². The number of carbonyl (C=O) groups is 3. The predicted octanol–water partition coefficient (Wildman–Crippen LogP) is 0.653. The van der Waals surface area contributed by atoms with Crippen molar-refractivity contribution in [2.45, 2.75) is 40.2 Å².